The van der Waals surface area contributed by atoms with Gasteiger partial charge in [-0.2, -0.15) is 0 Å². The van der Waals surface area contributed by atoms with Crippen LogP contribution in [0.1, 0.15) is 19.8 Å². The van der Waals surface area contributed by atoms with E-state index >= 15 is 0 Å². The normalized spacial score (nSPS) is 10.6. The Hall–Kier alpha value is -2.37. The van der Waals surface area contributed by atoms with Gasteiger partial charge in [0.05, 0.1) is 17.0 Å². The first-order chi connectivity index (χ1) is 9.13. The molecule has 1 heterocycles. The van der Waals surface area contributed by atoms with Gasteiger partial charge in [-0.25, -0.2) is 4.79 Å². The molecule has 0 radical (unpaired) electrons. The van der Waals surface area contributed by atoms with E-state index in [1.54, 1.807) is 18.3 Å². The summed E-state index contributed by atoms with van der Waals surface area (Å²) < 4.78 is 6.46. The van der Waals surface area contributed by atoms with E-state index in [2.05, 4.69) is 0 Å². The van der Waals surface area contributed by atoms with E-state index in [1.807, 2.05) is 6.92 Å². The van der Waals surface area contributed by atoms with Crippen molar-refractivity contribution in [1.29, 1.82) is 0 Å². The first kappa shape index (κ1) is 13.1. The fourth-order valence-electron chi connectivity index (χ4n) is 1.78. The van der Waals surface area contributed by atoms with Gasteiger partial charge in [-0.05, 0) is 18.6 Å². The molecule has 1 aromatic heterocycles. The van der Waals surface area contributed by atoms with Gasteiger partial charge in [-0.3, -0.25) is 14.7 Å². The number of hydrogen-bond donors (Lipinski definition) is 0. The van der Waals surface area contributed by atoms with Crippen LogP contribution in [-0.4, -0.2) is 22.2 Å². The molecule has 0 saturated heterocycles. The lowest BCUT2D eigenvalue weighted by molar-refractivity contribution is -0.384. The summed E-state index contributed by atoms with van der Waals surface area (Å²) in [7, 11) is 0. The van der Waals surface area contributed by atoms with Crippen LogP contribution >= 0.6 is 0 Å². The first-order valence-electron chi connectivity index (χ1n) is 6.06. The third-order valence-corrected chi connectivity index (χ3v) is 2.80. The molecular weight excluding hydrogens is 248 g/mol. The number of ether oxygens (including phenoxy) is 1. The van der Waals surface area contributed by atoms with Crippen molar-refractivity contribution < 1.29 is 14.5 Å². The smallest absolute Gasteiger partial charge is 0.418 e. The summed E-state index contributed by atoms with van der Waals surface area (Å²) in [6.07, 6.45) is 2.86. The van der Waals surface area contributed by atoms with Crippen LogP contribution in [0.5, 0.6) is 0 Å². The molecule has 0 aliphatic carbocycles. The van der Waals surface area contributed by atoms with Gasteiger partial charge < -0.3 is 4.74 Å². The predicted octanol–water partition coefficient (Wildman–Crippen LogP) is 3.33. The highest BCUT2D eigenvalue weighted by molar-refractivity contribution is 5.90. The number of fused-ring (bicyclic) bond motifs is 1. The SMILES string of the molecule is CCCCOC(=O)n1ccc2cc([N+](=O)[O-])ccc21. The summed E-state index contributed by atoms with van der Waals surface area (Å²) in [6, 6.07) is 6.02. The topological polar surface area (TPSA) is 74.4 Å². The Morgan fingerprint density at radius 1 is 1.42 bits per heavy atom. The van der Waals surface area contributed by atoms with Crippen molar-refractivity contribution in [3.63, 3.8) is 0 Å². The standard InChI is InChI=1S/C13H14N2O4/c1-2-3-8-19-13(16)14-7-6-10-9-11(15(17)18)4-5-12(10)14/h4-7,9H,2-3,8H2,1H3. The molecule has 1 aromatic carbocycles. The summed E-state index contributed by atoms with van der Waals surface area (Å²) in [4.78, 5) is 22.0. The predicted molar refractivity (Wildman–Crippen MR) is 70.2 cm³/mol. The molecule has 19 heavy (non-hydrogen) atoms. The molecule has 0 atom stereocenters. The van der Waals surface area contributed by atoms with E-state index in [-0.39, 0.29) is 5.69 Å². The molecule has 2 rings (SSSR count). The third-order valence-electron chi connectivity index (χ3n) is 2.80. The minimum Gasteiger partial charge on any atom is -0.449 e. The number of rotatable bonds is 4. The number of hydrogen-bond acceptors (Lipinski definition) is 4. The van der Waals surface area contributed by atoms with Crippen LogP contribution in [0.4, 0.5) is 10.5 Å². The molecule has 6 heteroatoms. The highest BCUT2D eigenvalue weighted by atomic mass is 16.6. The summed E-state index contributed by atoms with van der Waals surface area (Å²) in [5.74, 6) is 0. The number of nitrogens with zero attached hydrogens (tertiary/aromatic N) is 2. The summed E-state index contributed by atoms with van der Waals surface area (Å²) in [6.45, 7) is 2.39. The second-order valence-electron chi connectivity index (χ2n) is 4.15. The Balaban J connectivity index is 2.25. The van der Waals surface area contributed by atoms with Crippen molar-refractivity contribution in [2.45, 2.75) is 19.8 Å². The molecule has 0 N–H and O–H groups in total. The number of carbonyl (C=O) groups excluding carboxylic acids is 1. The fourth-order valence-corrected chi connectivity index (χ4v) is 1.78. The summed E-state index contributed by atoms with van der Waals surface area (Å²) in [5, 5.41) is 11.3. The van der Waals surface area contributed by atoms with Crippen LogP contribution in [0.3, 0.4) is 0 Å². The zero-order valence-corrected chi connectivity index (χ0v) is 10.5. The summed E-state index contributed by atoms with van der Waals surface area (Å²) in [5.41, 5.74) is 0.608. The highest BCUT2D eigenvalue weighted by Crippen LogP contribution is 2.22. The van der Waals surface area contributed by atoms with Gasteiger partial charge in [0.15, 0.2) is 0 Å². The Bertz CT molecular complexity index is 618. The molecule has 100 valence electrons. The van der Waals surface area contributed by atoms with Crippen molar-refractivity contribution in [2.75, 3.05) is 6.61 Å². The van der Waals surface area contributed by atoms with E-state index < -0.39 is 11.0 Å². The monoisotopic (exact) mass is 262 g/mol. The zero-order chi connectivity index (χ0) is 13.8. The average Bonchev–Trinajstić information content (AvgIpc) is 2.81. The van der Waals surface area contributed by atoms with Crippen molar-refractivity contribution in [3.8, 4) is 0 Å². The molecule has 0 unspecified atom stereocenters. The van der Waals surface area contributed by atoms with Crippen LogP contribution in [0.25, 0.3) is 10.9 Å². The maximum atomic E-state index is 11.8. The Morgan fingerprint density at radius 2 is 2.21 bits per heavy atom. The van der Waals surface area contributed by atoms with Crippen LogP contribution < -0.4 is 0 Å². The van der Waals surface area contributed by atoms with Crippen molar-refractivity contribution in [3.05, 3.63) is 40.6 Å². The van der Waals surface area contributed by atoms with Gasteiger partial charge in [0, 0.05) is 23.7 Å². The third kappa shape index (κ3) is 2.73. The maximum Gasteiger partial charge on any atom is 0.418 e. The van der Waals surface area contributed by atoms with Crippen LogP contribution in [0.15, 0.2) is 30.5 Å². The molecule has 0 amide bonds. The number of nitro benzene ring substituents is 1. The lowest BCUT2D eigenvalue weighted by atomic mass is 10.2. The molecule has 0 saturated carbocycles. The largest absolute Gasteiger partial charge is 0.449 e. The Morgan fingerprint density at radius 3 is 2.89 bits per heavy atom. The molecule has 2 aromatic rings. The van der Waals surface area contributed by atoms with Gasteiger partial charge in [0.25, 0.3) is 5.69 Å². The molecule has 0 fully saturated rings. The number of unbranched alkanes of at least 4 members (excludes halogenated alkanes) is 1. The second kappa shape index (κ2) is 5.51. The minimum absolute atomic E-state index is 0.00426. The van der Waals surface area contributed by atoms with Crippen molar-refractivity contribution in [1.82, 2.24) is 4.57 Å². The van der Waals surface area contributed by atoms with Gasteiger partial charge in [0.1, 0.15) is 0 Å². The molecule has 0 spiro atoms. The van der Waals surface area contributed by atoms with Gasteiger partial charge in [-0.15, -0.1) is 0 Å². The van der Waals surface area contributed by atoms with Crippen LogP contribution in [0.2, 0.25) is 0 Å². The molecule has 0 bridgehead atoms. The number of non-ortho nitro benzene ring substituents is 1. The molecule has 6 nitrogen and oxygen atoms in total. The van der Waals surface area contributed by atoms with Gasteiger partial charge in [-0.1, -0.05) is 13.3 Å². The van der Waals surface area contributed by atoms with Crippen LogP contribution in [-0.2, 0) is 4.74 Å². The Labute approximate surface area is 109 Å². The maximum absolute atomic E-state index is 11.8. The first-order valence-corrected chi connectivity index (χ1v) is 6.06. The van der Waals surface area contributed by atoms with E-state index in [9.17, 15) is 14.9 Å². The lowest BCUT2D eigenvalue weighted by Gasteiger charge is -2.05. The highest BCUT2D eigenvalue weighted by Gasteiger charge is 2.13. The van der Waals surface area contributed by atoms with E-state index in [0.29, 0.717) is 17.5 Å². The lowest BCUT2D eigenvalue weighted by Crippen LogP contribution is -2.13. The summed E-state index contributed by atoms with van der Waals surface area (Å²) >= 11 is 0. The molecule has 0 aliphatic rings. The number of nitro groups is 1. The fraction of sp³-hybridized carbons (Fsp3) is 0.308. The van der Waals surface area contributed by atoms with Crippen molar-refractivity contribution >= 4 is 22.7 Å². The Kier molecular flexibility index (Phi) is 3.79. The number of benzene rings is 1. The molecular formula is C13H14N2O4. The second-order valence-corrected chi connectivity index (χ2v) is 4.15. The van der Waals surface area contributed by atoms with E-state index in [1.165, 1.54) is 16.7 Å². The van der Waals surface area contributed by atoms with Gasteiger partial charge >= 0.3 is 6.09 Å². The quantitative estimate of drug-likeness (QED) is 0.481. The van der Waals surface area contributed by atoms with Crippen molar-refractivity contribution in [2.24, 2.45) is 0 Å². The number of aromatic nitrogens is 1. The number of carbonyl (C=O) groups is 1. The molecule has 0 aliphatic heterocycles. The van der Waals surface area contributed by atoms with E-state index in [4.69, 9.17) is 4.74 Å². The minimum atomic E-state index is -0.462. The van der Waals surface area contributed by atoms with Gasteiger partial charge in [0.2, 0.25) is 0 Å². The van der Waals surface area contributed by atoms with E-state index in [0.717, 1.165) is 12.8 Å². The average molecular weight is 262 g/mol. The zero-order valence-electron chi connectivity index (χ0n) is 10.5. The van der Waals surface area contributed by atoms with Crippen LogP contribution in [0, 0.1) is 10.1 Å².